The number of carbonyl (C=O) groups excluding carboxylic acids is 2. The number of aromatic hydroxyl groups is 1. The van der Waals surface area contributed by atoms with Gasteiger partial charge in [0.05, 0.1) is 0 Å². The number of nitrogens with two attached hydrogens (primary N) is 1. The zero-order valence-corrected chi connectivity index (χ0v) is 17.2. The van der Waals surface area contributed by atoms with Gasteiger partial charge in [0.15, 0.2) is 0 Å². The molecule has 0 unspecified atom stereocenters. The molecular formula is C23H32N2O3. The van der Waals surface area contributed by atoms with Gasteiger partial charge in [0.2, 0.25) is 11.8 Å². The summed E-state index contributed by atoms with van der Waals surface area (Å²) < 4.78 is 0. The second-order valence-corrected chi connectivity index (χ2v) is 9.81. The molecule has 2 bridgehead atoms. The Morgan fingerprint density at radius 1 is 1.11 bits per heavy atom. The maximum atomic E-state index is 13.5. The van der Waals surface area contributed by atoms with Crippen LogP contribution in [0.3, 0.4) is 0 Å². The molecule has 4 rings (SSSR count). The first-order chi connectivity index (χ1) is 13.2. The summed E-state index contributed by atoms with van der Waals surface area (Å²) in [7, 11) is 0. The number of nitrogens with zero attached hydrogens (tertiary/aromatic N) is 1. The number of carbonyl (C=O) groups is 2. The Bertz CT molecular complexity index is 810. The monoisotopic (exact) mass is 384 g/mol. The number of piperidine rings is 1. The van der Waals surface area contributed by atoms with Gasteiger partial charge in [-0.2, -0.15) is 0 Å². The van der Waals surface area contributed by atoms with E-state index < -0.39 is 0 Å². The highest BCUT2D eigenvalue weighted by Gasteiger charge is 2.57. The largest absolute Gasteiger partial charge is 0.508 e. The lowest BCUT2D eigenvalue weighted by molar-refractivity contribution is -0.150. The van der Waals surface area contributed by atoms with E-state index >= 15 is 0 Å². The van der Waals surface area contributed by atoms with Gasteiger partial charge in [-0.3, -0.25) is 9.59 Å². The molecule has 2 amide bonds. The van der Waals surface area contributed by atoms with Crippen molar-refractivity contribution in [2.24, 2.45) is 23.0 Å². The van der Waals surface area contributed by atoms with Crippen LogP contribution in [0.5, 0.6) is 5.75 Å². The van der Waals surface area contributed by atoms with Crippen LogP contribution >= 0.6 is 0 Å². The molecule has 5 nitrogen and oxygen atoms in total. The van der Waals surface area contributed by atoms with Gasteiger partial charge >= 0.3 is 0 Å². The maximum absolute atomic E-state index is 13.5. The average Bonchev–Trinajstić information content (AvgIpc) is 2.65. The molecule has 1 aromatic carbocycles. The first-order valence-electron chi connectivity index (χ1n) is 10.6. The van der Waals surface area contributed by atoms with E-state index in [1.807, 2.05) is 6.07 Å². The highest BCUT2D eigenvalue weighted by Crippen LogP contribution is 2.57. The van der Waals surface area contributed by atoms with Crippen molar-refractivity contribution in [2.45, 2.75) is 70.8 Å². The van der Waals surface area contributed by atoms with Crippen LogP contribution in [0.2, 0.25) is 0 Å². The third-order valence-electron chi connectivity index (χ3n) is 8.39. The molecule has 2 atom stereocenters. The summed E-state index contributed by atoms with van der Waals surface area (Å²) in [5.41, 5.74) is 7.55. The summed E-state index contributed by atoms with van der Waals surface area (Å²) in [5, 5.41) is 10.5. The minimum absolute atomic E-state index is 0.0125. The molecule has 28 heavy (non-hydrogen) atoms. The Morgan fingerprint density at radius 2 is 1.75 bits per heavy atom. The molecule has 152 valence electrons. The number of rotatable bonds is 2. The second-order valence-electron chi connectivity index (χ2n) is 9.81. The first-order valence-corrected chi connectivity index (χ1v) is 10.6. The lowest BCUT2D eigenvalue weighted by atomic mass is 9.51. The predicted octanol–water partition coefficient (Wildman–Crippen LogP) is 3.12. The minimum atomic E-state index is -0.236. The molecule has 0 radical (unpaired) electrons. The Hall–Kier alpha value is -2.04. The number of primary amides is 1. The third kappa shape index (κ3) is 2.66. The van der Waals surface area contributed by atoms with Crippen molar-refractivity contribution >= 4 is 11.8 Å². The molecule has 1 aliphatic heterocycles. The maximum Gasteiger partial charge on any atom is 0.225 e. The van der Waals surface area contributed by atoms with Crippen LogP contribution in [-0.2, 0) is 21.4 Å². The topological polar surface area (TPSA) is 83.6 Å². The fraction of sp³-hybridized carbons (Fsp3) is 0.652. The van der Waals surface area contributed by atoms with E-state index in [9.17, 15) is 14.7 Å². The number of benzene rings is 1. The molecule has 3 aliphatic rings. The van der Waals surface area contributed by atoms with Gasteiger partial charge in [0.25, 0.3) is 0 Å². The number of fused-ring (bicyclic) bond motifs is 4. The molecule has 1 aromatic rings. The number of hydrogen-bond acceptors (Lipinski definition) is 3. The summed E-state index contributed by atoms with van der Waals surface area (Å²) in [6.07, 6.45) is 4.52. The summed E-state index contributed by atoms with van der Waals surface area (Å²) in [5.74, 6) is 0.243. The van der Waals surface area contributed by atoms with Gasteiger partial charge in [-0.1, -0.05) is 32.9 Å². The number of phenols is 1. The van der Waals surface area contributed by atoms with Crippen molar-refractivity contribution in [1.82, 2.24) is 4.90 Å². The SMILES string of the molecule is CC1(C)[C@H]2Cc3c(O)cccc3[C@]1(C)CCN2C(=O)C1CCC(C(N)=O)CC1. The Morgan fingerprint density at radius 3 is 2.39 bits per heavy atom. The Labute approximate surface area is 167 Å². The highest BCUT2D eigenvalue weighted by molar-refractivity contribution is 5.81. The van der Waals surface area contributed by atoms with E-state index in [0.29, 0.717) is 12.2 Å². The van der Waals surface area contributed by atoms with Gasteiger partial charge in [0, 0.05) is 29.8 Å². The van der Waals surface area contributed by atoms with E-state index in [-0.39, 0.29) is 40.5 Å². The summed E-state index contributed by atoms with van der Waals surface area (Å²) >= 11 is 0. The van der Waals surface area contributed by atoms with Crippen molar-refractivity contribution in [3.8, 4) is 5.75 Å². The number of likely N-dealkylation sites (tertiary alicyclic amines) is 1. The quantitative estimate of drug-likeness (QED) is 0.822. The van der Waals surface area contributed by atoms with Crippen LogP contribution in [0, 0.1) is 17.3 Å². The molecule has 2 aliphatic carbocycles. The van der Waals surface area contributed by atoms with Gasteiger partial charge < -0.3 is 15.7 Å². The number of phenolic OH excluding ortho intramolecular Hbond substituents is 1. The van der Waals surface area contributed by atoms with E-state index in [1.165, 1.54) is 5.56 Å². The molecule has 0 spiro atoms. The molecule has 5 heteroatoms. The van der Waals surface area contributed by atoms with Crippen LogP contribution in [0.4, 0.5) is 0 Å². The first kappa shape index (κ1) is 19.3. The Kier molecular flexibility index (Phi) is 4.48. The zero-order valence-electron chi connectivity index (χ0n) is 17.2. The van der Waals surface area contributed by atoms with Crippen molar-refractivity contribution in [3.63, 3.8) is 0 Å². The zero-order chi connectivity index (χ0) is 20.3. The smallest absolute Gasteiger partial charge is 0.225 e. The summed E-state index contributed by atoms with van der Waals surface area (Å²) in [4.78, 5) is 27.0. The Balaban J connectivity index is 1.61. The van der Waals surface area contributed by atoms with Crippen LogP contribution in [-0.4, -0.2) is 34.4 Å². The van der Waals surface area contributed by atoms with Crippen molar-refractivity contribution < 1.29 is 14.7 Å². The lowest BCUT2D eigenvalue weighted by Crippen LogP contribution is -2.65. The van der Waals surface area contributed by atoms with E-state index in [1.54, 1.807) is 6.07 Å². The average molecular weight is 385 g/mol. The summed E-state index contributed by atoms with van der Waals surface area (Å²) in [6.45, 7) is 7.59. The molecule has 0 aromatic heterocycles. The van der Waals surface area contributed by atoms with E-state index in [2.05, 4.69) is 31.7 Å². The van der Waals surface area contributed by atoms with E-state index in [4.69, 9.17) is 5.73 Å². The third-order valence-corrected chi connectivity index (χ3v) is 8.39. The number of amides is 2. The fourth-order valence-corrected chi connectivity index (χ4v) is 6.05. The predicted molar refractivity (Wildman–Crippen MR) is 108 cm³/mol. The molecule has 2 fully saturated rings. The molecule has 1 saturated carbocycles. The van der Waals surface area contributed by atoms with Crippen molar-refractivity contribution in [3.05, 3.63) is 29.3 Å². The van der Waals surface area contributed by atoms with E-state index in [0.717, 1.165) is 44.2 Å². The summed E-state index contributed by atoms with van der Waals surface area (Å²) in [6, 6.07) is 5.92. The minimum Gasteiger partial charge on any atom is -0.508 e. The molecule has 3 N–H and O–H groups in total. The van der Waals surface area contributed by atoms with Crippen LogP contribution in [0.1, 0.15) is 64.0 Å². The van der Waals surface area contributed by atoms with Crippen LogP contribution < -0.4 is 5.73 Å². The fourth-order valence-electron chi connectivity index (χ4n) is 6.05. The lowest BCUT2D eigenvalue weighted by Gasteiger charge is -2.61. The van der Waals surface area contributed by atoms with Crippen LogP contribution in [0.15, 0.2) is 18.2 Å². The highest BCUT2D eigenvalue weighted by atomic mass is 16.3. The van der Waals surface area contributed by atoms with Crippen molar-refractivity contribution in [1.29, 1.82) is 0 Å². The molecule has 1 heterocycles. The molecule has 1 saturated heterocycles. The standard InChI is InChI=1S/C23H32N2O3/c1-22(2)19-13-16-17(5-4-6-18(16)26)23(22,3)11-12-25(19)21(28)15-9-7-14(8-10-15)20(24)27/h4-6,14-15,19,26H,7-13H2,1-3H3,(H2,24,27)/t14?,15?,19-,23+/m1/s1. The van der Waals surface area contributed by atoms with Gasteiger partial charge in [-0.05, 0) is 61.1 Å². The van der Waals surface area contributed by atoms with Gasteiger partial charge in [0.1, 0.15) is 5.75 Å². The second kappa shape index (κ2) is 6.50. The van der Waals surface area contributed by atoms with Crippen molar-refractivity contribution in [2.75, 3.05) is 6.54 Å². The normalized spacial score (nSPS) is 33.8. The molecular weight excluding hydrogens is 352 g/mol. The van der Waals surface area contributed by atoms with Crippen LogP contribution in [0.25, 0.3) is 0 Å². The van der Waals surface area contributed by atoms with Gasteiger partial charge in [-0.15, -0.1) is 0 Å². The number of hydrogen-bond donors (Lipinski definition) is 2. The van der Waals surface area contributed by atoms with Gasteiger partial charge in [-0.25, -0.2) is 0 Å².